The van der Waals surface area contributed by atoms with Crippen LogP contribution < -0.4 is 5.32 Å². The number of carboxylic acids is 1. The number of carbonyl (C=O) groups is 2. The lowest BCUT2D eigenvalue weighted by Crippen LogP contribution is -2.14. The molecule has 0 aliphatic carbocycles. The summed E-state index contributed by atoms with van der Waals surface area (Å²) < 4.78 is 13.5. The zero-order valence-corrected chi connectivity index (χ0v) is 11.5. The molecule has 2 aromatic carbocycles. The second kappa shape index (κ2) is 6.37. The second-order valence-corrected chi connectivity index (χ2v) is 4.79. The molecular formula is C15H11ClFNO3. The molecule has 0 saturated heterocycles. The van der Waals surface area contributed by atoms with Crippen LogP contribution in [0.3, 0.4) is 0 Å². The molecule has 0 aromatic heterocycles. The molecule has 2 rings (SSSR count). The second-order valence-electron chi connectivity index (χ2n) is 4.35. The van der Waals surface area contributed by atoms with E-state index in [0.717, 1.165) is 17.7 Å². The summed E-state index contributed by atoms with van der Waals surface area (Å²) in [5, 5.41) is 11.8. The predicted octanol–water partition coefficient (Wildman–Crippen LogP) is 3.36. The highest BCUT2D eigenvalue weighted by Gasteiger charge is 2.11. The van der Waals surface area contributed by atoms with Crippen LogP contribution in [0.5, 0.6) is 0 Å². The topological polar surface area (TPSA) is 66.4 Å². The highest BCUT2D eigenvalue weighted by molar-refractivity contribution is 6.30. The maximum absolute atomic E-state index is 13.5. The summed E-state index contributed by atoms with van der Waals surface area (Å²) in [4.78, 5) is 22.5. The van der Waals surface area contributed by atoms with E-state index < -0.39 is 17.3 Å². The molecule has 2 N–H and O–H groups in total. The zero-order valence-electron chi connectivity index (χ0n) is 10.8. The third kappa shape index (κ3) is 4.03. The van der Waals surface area contributed by atoms with Crippen LogP contribution in [-0.2, 0) is 11.2 Å². The molecule has 0 heterocycles. The number of hydrogen-bond acceptors (Lipinski definition) is 2. The standard InChI is InChI=1S/C15H11ClFNO3/c16-10-3-1-9(2-4-10)7-14(19)18-11-5-6-12(15(20)21)13(17)8-11/h1-6,8H,7H2,(H,18,19)(H,20,21). The minimum Gasteiger partial charge on any atom is -0.478 e. The monoisotopic (exact) mass is 307 g/mol. The van der Waals surface area contributed by atoms with Gasteiger partial charge in [-0.3, -0.25) is 4.79 Å². The van der Waals surface area contributed by atoms with Gasteiger partial charge in [-0.2, -0.15) is 0 Å². The smallest absolute Gasteiger partial charge is 0.338 e. The number of benzene rings is 2. The first-order valence-electron chi connectivity index (χ1n) is 6.03. The number of rotatable bonds is 4. The minimum absolute atomic E-state index is 0.111. The van der Waals surface area contributed by atoms with E-state index in [4.69, 9.17) is 16.7 Å². The number of anilines is 1. The Hall–Kier alpha value is -2.40. The van der Waals surface area contributed by atoms with E-state index in [9.17, 15) is 14.0 Å². The third-order valence-corrected chi connectivity index (χ3v) is 3.01. The third-order valence-electron chi connectivity index (χ3n) is 2.76. The lowest BCUT2D eigenvalue weighted by atomic mass is 10.1. The average Bonchev–Trinajstić information content (AvgIpc) is 2.41. The summed E-state index contributed by atoms with van der Waals surface area (Å²) >= 11 is 5.75. The number of nitrogens with one attached hydrogen (secondary N) is 1. The summed E-state index contributed by atoms with van der Waals surface area (Å²) in [6, 6.07) is 10.2. The van der Waals surface area contributed by atoms with Crippen molar-refractivity contribution >= 4 is 29.2 Å². The van der Waals surface area contributed by atoms with Crippen LogP contribution in [-0.4, -0.2) is 17.0 Å². The predicted molar refractivity (Wildman–Crippen MR) is 77.1 cm³/mol. The summed E-state index contributed by atoms with van der Waals surface area (Å²) in [5.74, 6) is -2.59. The largest absolute Gasteiger partial charge is 0.478 e. The fourth-order valence-corrected chi connectivity index (χ4v) is 1.89. The average molecular weight is 308 g/mol. The molecule has 0 unspecified atom stereocenters. The van der Waals surface area contributed by atoms with Crippen molar-refractivity contribution in [1.29, 1.82) is 0 Å². The van der Waals surface area contributed by atoms with E-state index in [1.165, 1.54) is 6.07 Å². The Labute approximate surface area is 125 Å². The van der Waals surface area contributed by atoms with Crippen LogP contribution in [0.4, 0.5) is 10.1 Å². The minimum atomic E-state index is -1.36. The van der Waals surface area contributed by atoms with Crippen molar-refractivity contribution in [3.63, 3.8) is 0 Å². The lowest BCUT2D eigenvalue weighted by Gasteiger charge is -2.06. The zero-order chi connectivity index (χ0) is 15.4. The van der Waals surface area contributed by atoms with Crippen LogP contribution in [0.15, 0.2) is 42.5 Å². The number of halogens is 2. The molecule has 108 valence electrons. The molecule has 0 radical (unpaired) electrons. The molecule has 0 saturated carbocycles. The molecule has 2 aromatic rings. The molecule has 0 fully saturated rings. The van der Waals surface area contributed by atoms with Crippen LogP contribution in [0.1, 0.15) is 15.9 Å². The van der Waals surface area contributed by atoms with Crippen LogP contribution in [0.25, 0.3) is 0 Å². The van der Waals surface area contributed by atoms with E-state index in [2.05, 4.69) is 5.32 Å². The number of aromatic carboxylic acids is 1. The molecule has 1 amide bonds. The summed E-state index contributed by atoms with van der Waals surface area (Å²) in [5.41, 5.74) is 0.529. The van der Waals surface area contributed by atoms with Crippen molar-refractivity contribution in [3.05, 3.63) is 64.4 Å². The van der Waals surface area contributed by atoms with Gasteiger partial charge in [-0.15, -0.1) is 0 Å². The van der Waals surface area contributed by atoms with E-state index in [1.807, 2.05) is 0 Å². The maximum Gasteiger partial charge on any atom is 0.338 e. The highest BCUT2D eigenvalue weighted by Crippen LogP contribution is 2.15. The highest BCUT2D eigenvalue weighted by atomic mass is 35.5. The summed E-state index contributed by atoms with van der Waals surface area (Å²) in [6.45, 7) is 0. The number of amides is 1. The van der Waals surface area contributed by atoms with Gasteiger partial charge in [0, 0.05) is 10.7 Å². The molecule has 0 aliphatic rings. The molecule has 0 aliphatic heterocycles. The van der Waals surface area contributed by atoms with E-state index in [-0.39, 0.29) is 18.0 Å². The van der Waals surface area contributed by atoms with Gasteiger partial charge < -0.3 is 10.4 Å². The normalized spacial score (nSPS) is 10.2. The SMILES string of the molecule is O=C(Cc1ccc(Cl)cc1)Nc1ccc(C(=O)O)c(F)c1. The first-order chi connectivity index (χ1) is 9.95. The van der Waals surface area contributed by atoms with Crippen molar-refractivity contribution in [2.75, 3.05) is 5.32 Å². The summed E-state index contributed by atoms with van der Waals surface area (Å²) in [7, 11) is 0. The van der Waals surface area contributed by atoms with Crippen molar-refractivity contribution in [2.24, 2.45) is 0 Å². The van der Waals surface area contributed by atoms with Gasteiger partial charge in [0.25, 0.3) is 0 Å². The van der Waals surface area contributed by atoms with E-state index >= 15 is 0 Å². The summed E-state index contributed by atoms with van der Waals surface area (Å²) in [6.07, 6.45) is 0.111. The van der Waals surface area contributed by atoms with Crippen molar-refractivity contribution in [3.8, 4) is 0 Å². The van der Waals surface area contributed by atoms with E-state index in [1.54, 1.807) is 24.3 Å². The Morgan fingerprint density at radius 1 is 1.14 bits per heavy atom. The van der Waals surface area contributed by atoms with Gasteiger partial charge >= 0.3 is 5.97 Å². The first kappa shape index (κ1) is 15.0. The van der Waals surface area contributed by atoms with Crippen molar-refractivity contribution < 1.29 is 19.1 Å². The Morgan fingerprint density at radius 2 is 1.81 bits per heavy atom. The van der Waals surface area contributed by atoms with Crippen molar-refractivity contribution in [2.45, 2.75) is 6.42 Å². The molecule has 21 heavy (non-hydrogen) atoms. The van der Waals surface area contributed by atoms with Gasteiger partial charge in [0.2, 0.25) is 5.91 Å². The number of carbonyl (C=O) groups excluding carboxylic acids is 1. The van der Waals surface area contributed by atoms with Gasteiger partial charge in [0.05, 0.1) is 12.0 Å². The molecule has 0 spiro atoms. The molecule has 0 atom stereocenters. The van der Waals surface area contributed by atoms with Crippen LogP contribution >= 0.6 is 11.6 Å². The van der Waals surface area contributed by atoms with Crippen molar-refractivity contribution in [1.82, 2.24) is 0 Å². The quantitative estimate of drug-likeness (QED) is 0.910. The maximum atomic E-state index is 13.5. The Balaban J connectivity index is 2.04. The Morgan fingerprint density at radius 3 is 2.38 bits per heavy atom. The van der Waals surface area contributed by atoms with E-state index in [0.29, 0.717) is 5.02 Å². The van der Waals surface area contributed by atoms with Gasteiger partial charge in [0.1, 0.15) is 5.82 Å². The van der Waals surface area contributed by atoms with Gasteiger partial charge in [-0.1, -0.05) is 23.7 Å². The fourth-order valence-electron chi connectivity index (χ4n) is 1.76. The lowest BCUT2D eigenvalue weighted by molar-refractivity contribution is -0.115. The van der Waals surface area contributed by atoms with Gasteiger partial charge in [-0.05, 0) is 35.9 Å². The Bertz CT molecular complexity index is 686. The van der Waals surface area contributed by atoms with Gasteiger partial charge in [-0.25, -0.2) is 9.18 Å². The van der Waals surface area contributed by atoms with Crippen LogP contribution in [0.2, 0.25) is 5.02 Å². The number of carboxylic acid groups (broad SMARTS) is 1. The molecule has 6 heteroatoms. The van der Waals surface area contributed by atoms with Gasteiger partial charge in [0.15, 0.2) is 0 Å². The Kier molecular flexibility index (Phi) is 4.55. The molecular weight excluding hydrogens is 297 g/mol. The fraction of sp³-hybridized carbons (Fsp3) is 0.0667. The number of hydrogen-bond donors (Lipinski definition) is 2. The molecule has 0 bridgehead atoms. The molecule has 4 nitrogen and oxygen atoms in total. The first-order valence-corrected chi connectivity index (χ1v) is 6.40. The van der Waals surface area contributed by atoms with Crippen LogP contribution in [0, 0.1) is 5.82 Å².